The van der Waals surface area contributed by atoms with Crippen LogP contribution in [0.15, 0.2) is 22.7 Å². The predicted octanol–water partition coefficient (Wildman–Crippen LogP) is 2.60. The minimum atomic E-state index is -0.145. The Hall–Kier alpha value is -0.420. The summed E-state index contributed by atoms with van der Waals surface area (Å²) >= 11 is 3.54. The van der Waals surface area contributed by atoms with Gasteiger partial charge in [0.25, 0.3) is 0 Å². The second-order valence-corrected chi connectivity index (χ2v) is 6.90. The van der Waals surface area contributed by atoms with E-state index in [4.69, 9.17) is 0 Å². The van der Waals surface area contributed by atoms with Crippen LogP contribution in [0.4, 0.5) is 0 Å². The van der Waals surface area contributed by atoms with E-state index in [0.717, 1.165) is 49.9 Å². The van der Waals surface area contributed by atoms with Crippen molar-refractivity contribution in [1.29, 1.82) is 0 Å². The Morgan fingerprint density at radius 2 is 2.05 bits per heavy atom. The molecule has 0 fully saturated rings. The van der Waals surface area contributed by atoms with Gasteiger partial charge in [0, 0.05) is 23.1 Å². The smallest absolute Gasteiger partial charge is 0.0616 e. The fourth-order valence-corrected chi connectivity index (χ4v) is 3.60. The standard InChI is InChI=1S/C17H27BrN2O/c1-3-20(4-2)10-9-19-17(13-21)8-7-14-11-16(18)6-5-15(14)12-17/h5-6,11,19,21H,3-4,7-10,12-13H2,1-2H3. The normalized spacial score (nSPS) is 21.6. The number of aryl methyl sites for hydroxylation is 1. The van der Waals surface area contributed by atoms with E-state index in [0.29, 0.717) is 0 Å². The molecule has 0 radical (unpaired) electrons. The number of nitrogens with zero attached hydrogens (tertiary/aromatic N) is 1. The number of aliphatic hydroxyl groups is 1. The van der Waals surface area contributed by atoms with Crippen molar-refractivity contribution in [3.8, 4) is 0 Å². The van der Waals surface area contributed by atoms with Crippen LogP contribution in [0.5, 0.6) is 0 Å². The summed E-state index contributed by atoms with van der Waals surface area (Å²) in [4.78, 5) is 2.41. The number of halogens is 1. The molecule has 0 aromatic heterocycles. The molecule has 0 bridgehead atoms. The monoisotopic (exact) mass is 354 g/mol. The van der Waals surface area contributed by atoms with Crippen LogP contribution in [-0.2, 0) is 12.8 Å². The summed E-state index contributed by atoms with van der Waals surface area (Å²) < 4.78 is 1.15. The van der Waals surface area contributed by atoms with Crippen molar-refractivity contribution in [1.82, 2.24) is 10.2 Å². The van der Waals surface area contributed by atoms with Gasteiger partial charge in [0.05, 0.1) is 6.61 Å². The number of benzene rings is 1. The van der Waals surface area contributed by atoms with Crippen molar-refractivity contribution in [3.05, 3.63) is 33.8 Å². The van der Waals surface area contributed by atoms with Crippen molar-refractivity contribution in [2.75, 3.05) is 32.8 Å². The molecule has 0 saturated heterocycles. The third kappa shape index (κ3) is 4.28. The second kappa shape index (κ2) is 7.73. The highest BCUT2D eigenvalue weighted by Gasteiger charge is 2.33. The van der Waals surface area contributed by atoms with E-state index in [1.807, 2.05) is 0 Å². The molecule has 21 heavy (non-hydrogen) atoms. The molecule has 0 heterocycles. The lowest BCUT2D eigenvalue weighted by atomic mass is 9.78. The van der Waals surface area contributed by atoms with Crippen LogP contribution in [0.3, 0.4) is 0 Å². The highest BCUT2D eigenvalue weighted by atomic mass is 79.9. The van der Waals surface area contributed by atoms with Crippen LogP contribution in [0.1, 0.15) is 31.4 Å². The molecule has 0 saturated carbocycles. The first-order valence-electron chi connectivity index (χ1n) is 7.98. The molecule has 2 rings (SSSR count). The minimum absolute atomic E-state index is 0.145. The SMILES string of the molecule is CCN(CC)CCNC1(CO)CCc2cc(Br)ccc2C1. The van der Waals surface area contributed by atoms with Crippen molar-refractivity contribution >= 4 is 15.9 Å². The predicted molar refractivity (Wildman–Crippen MR) is 91.8 cm³/mol. The average Bonchev–Trinajstić information content (AvgIpc) is 2.52. The first-order chi connectivity index (χ1) is 10.1. The largest absolute Gasteiger partial charge is 0.394 e. The van der Waals surface area contributed by atoms with Crippen LogP contribution in [-0.4, -0.2) is 48.3 Å². The van der Waals surface area contributed by atoms with Crippen molar-refractivity contribution in [3.63, 3.8) is 0 Å². The van der Waals surface area contributed by atoms with E-state index in [1.54, 1.807) is 0 Å². The number of hydrogen-bond donors (Lipinski definition) is 2. The van der Waals surface area contributed by atoms with Gasteiger partial charge < -0.3 is 15.3 Å². The molecular weight excluding hydrogens is 328 g/mol. The van der Waals surface area contributed by atoms with Gasteiger partial charge in [0.1, 0.15) is 0 Å². The molecule has 1 aliphatic carbocycles. The Bertz CT molecular complexity index is 462. The molecule has 1 aromatic rings. The van der Waals surface area contributed by atoms with Crippen molar-refractivity contribution < 1.29 is 5.11 Å². The van der Waals surface area contributed by atoms with E-state index in [1.165, 1.54) is 11.1 Å². The third-order valence-electron chi connectivity index (χ3n) is 4.70. The summed E-state index contributed by atoms with van der Waals surface area (Å²) in [5.41, 5.74) is 2.64. The van der Waals surface area contributed by atoms with E-state index in [9.17, 15) is 5.11 Å². The van der Waals surface area contributed by atoms with Gasteiger partial charge in [-0.25, -0.2) is 0 Å². The number of likely N-dealkylation sites (N-methyl/N-ethyl adjacent to an activating group) is 1. The number of rotatable bonds is 7. The van der Waals surface area contributed by atoms with E-state index >= 15 is 0 Å². The van der Waals surface area contributed by atoms with Gasteiger partial charge in [-0.1, -0.05) is 35.8 Å². The first kappa shape index (κ1) is 16.9. The maximum atomic E-state index is 9.92. The maximum Gasteiger partial charge on any atom is 0.0616 e. The molecular formula is C17H27BrN2O. The molecule has 4 heteroatoms. The number of fused-ring (bicyclic) bond motifs is 1. The highest BCUT2D eigenvalue weighted by Crippen LogP contribution is 2.30. The topological polar surface area (TPSA) is 35.5 Å². The van der Waals surface area contributed by atoms with Gasteiger partial charge in [0.15, 0.2) is 0 Å². The highest BCUT2D eigenvalue weighted by molar-refractivity contribution is 9.10. The molecule has 1 aliphatic rings. The zero-order chi connectivity index (χ0) is 15.3. The zero-order valence-electron chi connectivity index (χ0n) is 13.2. The molecule has 3 nitrogen and oxygen atoms in total. The maximum absolute atomic E-state index is 9.92. The molecule has 0 amide bonds. The third-order valence-corrected chi connectivity index (χ3v) is 5.19. The molecule has 1 atom stereocenters. The van der Waals surface area contributed by atoms with Crippen molar-refractivity contribution in [2.24, 2.45) is 0 Å². The van der Waals surface area contributed by atoms with Crippen LogP contribution < -0.4 is 5.32 Å². The molecule has 118 valence electrons. The van der Waals surface area contributed by atoms with Crippen LogP contribution in [0, 0.1) is 0 Å². The van der Waals surface area contributed by atoms with E-state index in [2.05, 4.69) is 58.2 Å². The van der Waals surface area contributed by atoms with Gasteiger partial charge in [-0.2, -0.15) is 0 Å². The lowest BCUT2D eigenvalue weighted by Crippen LogP contribution is -2.54. The number of nitrogens with one attached hydrogen (secondary N) is 1. The van der Waals surface area contributed by atoms with Gasteiger partial charge in [-0.15, -0.1) is 0 Å². The average molecular weight is 355 g/mol. The fourth-order valence-electron chi connectivity index (χ4n) is 3.19. The minimum Gasteiger partial charge on any atom is -0.394 e. The summed E-state index contributed by atoms with van der Waals surface area (Å²) in [6.07, 6.45) is 2.96. The molecule has 0 aliphatic heterocycles. The number of aliphatic hydroxyl groups excluding tert-OH is 1. The van der Waals surface area contributed by atoms with Gasteiger partial charge in [0.2, 0.25) is 0 Å². The molecule has 0 spiro atoms. The van der Waals surface area contributed by atoms with Crippen LogP contribution >= 0.6 is 15.9 Å². The van der Waals surface area contributed by atoms with E-state index in [-0.39, 0.29) is 12.1 Å². The van der Waals surface area contributed by atoms with Gasteiger partial charge >= 0.3 is 0 Å². The zero-order valence-corrected chi connectivity index (χ0v) is 14.7. The first-order valence-corrected chi connectivity index (χ1v) is 8.77. The summed E-state index contributed by atoms with van der Waals surface area (Å²) in [6, 6.07) is 6.50. The Kier molecular flexibility index (Phi) is 6.23. The quantitative estimate of drug-likeness (QED) is 0.789. The molecule has 2 N–H and O–H groups in total. The Morgan fingerprint density at radius 1 is 1.29 bits per heavy atom. The summed E-state index contributed by atoms with van der Waals surface area (Å²) in [7, 11) is 0. The Balaban J connectivity index is 1.98. The fraction of sp³-hybridized carbons (Fsp3) is 0.647. The van der Waals surface area contributed by atoms with Crippen molar-refractivity contribution in [2.45, 2.75) is 38.6 Å². The Morgan fingerprint density at radius 3 is 2.71 bits per heavy atom. The summed E-state index contributed by atoms with van der Waals surface area (Å²) in [5, 5.41) is 13.6. The van der Waals surface area contributed by atoms with Gasteiger partial charge in [-0.05, 0) is 55.6 Å². The van der Waals surface area contributed by atoms with Gasteiger partial charge in [-0.3, -0.25) is 0 Å². The Labute approximate surface area is 136 Å². The molecule has 1 unspecified atom stereocenters. The summed E-state index contributed by atoms with van der Waals surface area (Å²) in [6.45, 7) is 8.75. The lowest BCUT2D eigenvalue weighted by molar-refractivity contribution is 0.140. The lowest BCUT2D eigenvalue weighted by Gasteiger charge is -2.38. The van der Waals surface area contributed by atoms with Crippen LogP contribution in [0.2, 0.25) is 0 Å². The number of hydrogen-bond acceptors (Lipinski definition) is 3. The van der Waals surface area contributed by atoms with Crippen LogP contribution in [0.25, 0.3) is 0 Å². The summed E-state index contributed by atoms with van der Waals surface area (Å²) in [5.74, 6) is 0. The van der Waals surface area contributed by atoms with E-state index < -0.39 is 0 Å². The molecule has 1 aromatic carbocycles. The second-order valence-electron chi connectivity index (χ2n) is 5.98.